The molecule has 3 aromatic rings. The molecule has 0 spiro atoms. The molecule has 0 saturated carbocycles. The number of fused-ring (bicyclic) bond motifs is 1. The second-order valence-corrected chi connectivity index (χ2v) is 9.28. The Morgan fingerprint density at radius 2 is 1.75 bits per heavy atom. The molecule has 1 saturated heterocycles. The minimum absolute atomic E-state index is 0.137. The Labute approximate surface area is 165 Å². The van der Waals surface area contributed by atoms with Gasteiger partial charge in [-0.3, -0.25) is 9.88 Å². The van der Waals surface area contributed by atoms with Crippen molar-refractivity contribution in [2.24, 2.45) is 7.05 Å². The summed E-state index contributed by atoms with van der Waals surface area (Å²) in [5.74, 6) is 0.693. The van der Waals surface area contributed by atoms with Crippen molar-refractivity contribution in [2.45, 2.75) is 25.4 Å². The summed E-state index contributed by atoms with van der Waals surface area (Å²) in [7, 11) is -1.72. The number of aryl methyl sites for hydroxylation is 3. The molecule has 1 aromatic carbocycles. The fourth-order valence-corrected chi connectivity index (χ4v) is 4.99. The molecule has 1 aliphatic heterocycles. The van der Waals surface area contributed by atoms with Gasteiger partial charge in [-0.2, -0.15) is 4.31 Å². The second kappa shape index (κ2) is 7.27. The van der Waals surface area contributed by atoms with Gasteiger partial charge in [-0.1, -0.05) is 12.1 Å². The van der Waals surface area contributed by atoms with Gasteiger partial charge in [-0.15, -0.1) is 0 Å². The van der Waals surface area contributed by atoms with E-state index in [4.69, 9.17) is 0 Å². The Bertz CT molecular complexity index is 1100. The smallest absolute Gasteiger partial charge is 0.262 e. The van der Waals surface area contributed by atoms with E-state index < -0.39 is 10.0 Å². The number of sulfonamides is 1. The third-order valence-electron chi connectivity index (χ3n) is 5.32. The van der Waals surface area contributed by atoms with E-state index >= 15 is 0 Å². The van der Waals surface area contributed by atoms with Crippen molar-refractivity contribution in [2.75, 3.05) is 26.2 Å². The highest BCUT2D eigenvalue weighted by molar-refractivity contribution is 7.89. The van der Waals surface area contributed by atoms with Crippen LogP contribution in [0.4, 0.5) is 0 Å². The molecule has 0 bridgehead atoms. The normalized spacial score (nSPS) is 16.7. The standard InChI is InChI=1S/C20H25N5O2S/c1-15-4-6-18-12-17(5-7-19(18)21-15)13-24-8-10-25(11-9-24)28(26,27)20-14-23(3)16(2)22-20/h4-7,12,14H,8-11,13H2,1-3H3. The second-order valence-electron chi connectivity index (χ2n) is 7.40. The largest absolute Gasteiger partial charge is 0.337 e. The molecule has 0 N–H and O–H groups in total. The van der Waals surface area contributed by atoms with Crippen LogP contribution in [0, 0.1) is 13.8 Å². The van der Waals surface area contributed by atoms with Crippen LogP contribution in [0.3, 0.4) is 0 Å². The molecule has 0 aliphatic carbocycles. The lowest BCUT2D eigenvalue weighted by Gasteiger charge is -2.33. The minimum Gasteiger partial charge on any atom is -0.337 e. The number of hydrogen-bond donors (Lipinski definition) is 0. The van der Waals surface area contributed by atoms with Gasteiger partial charge >= 0.3 is 0 Å². The van der Waals surface area contributed by atoms with E-state index in [1.54, 1.807) is 29.0 Å². The molecular formula is C20H25N5O2S. The van der Waals surface area contributed by atoms with Gasteiger partial charge < -0.3 is 4.57 Å². The van der Waals surface area contributed by atoms with E-state index in [2.05, 4.69) is 39.1 Å². The third kappa shape index (κ3) is 3.67. The van der Waals surface area contributed by atoms with Crippen LogP contribution in [-0.2, 0) is 23.6 Å². The van der Waals surface area contributed by atoms with Crippen molar-refractivity contribution < 1.29 is 8.42 Å². The lowest BCUT2D eigenvalue weighted by Crippen LogP contribution is -2.48. The predicted octanol–water partition coefficient (Wildman–Crippen LogP) is 2.09. The van der Waals surface area contributed by atoms with Crippen LogP contribution in [0.25, 0.3) is 10.9 Å². The van der Waals surface area contributed by atoms with Crippen LogP contribution < -0.4 is 0 Å². The topological polar surface area (TPSA) is 71.3 Å². The Morgan fingerprint density at radius 1 is 1.00 bits per heavy atom. The zero-order valence-corrected chi connectivity index (χ0v) is 17.3. The molecular weight excluding hydrogens is 374 g/mol. The average molecular weight is 400 g/mol. The fraction of sp³-hybridized carbons (Fsp3) is 0.400. The quantitative estimate of drug-likeness (QED) is 0.672. The van der Waals surface area contributed by atoms with Crippen LogP contribution >= 0.6 is 0 Å². The van der Waals surface area contributed by atoms with Gasteiger partial charge in [0.05, 0.1) is 5.52 Å². The molecule has 3 heterocycles. The van der Waals surface area contributed by atoms with Gasteiger partial charge in [-0.05, 0) is 37.6 Å². The van der Waals surface area contributed by atoms with E-state index in [9.17, 15) is 8.42 Å². The molecule has 1 aliphatic rings. The van der Waals surface area contributed by atoms with Gasteiger partial charge in [0.2, 0.25) is 0 Å². The van der Waals surface area contributed by atoms with Crippen molar-refractivity contribution in [3.05, 3.63) is 53.6 Å². The Morgan fingerprint density at radius 3 is 2.43 bits per heavy atom. The first-order valence-corrected chi connectivity index (χ1v) is 10.9. The first-order chi connectivity index (χ1) is 13.3. The van der Waals surface area contributed by atoms with Crippen LogP contribution in [0.2, 0.25) is 0 Å². The molecule has 7 nitrogen and oxygen atoms in total. The highest BCUT2D eigenvalue weighted by Crippen LogP contribution is 2.20. The van der Waals surface area contributed by atoms with Crippen LogP contribution in [0.1, 0.15) is 17.1 Å². The number of hydrogen-bond acceptors (Lipinski definition) is 5. The minimum atomic E-state index is -3.53. The maximum atomic E-state index is 12.8. The Hall–Kier alpha value is -2.29. The lowest BCUT2D eigenvalue weighted by molar-refractivity contribution is 0.181. The third-order valence-corrected chi connectivity index (χ3v) is 7.09. The average Bonchev–Trinajstić information content (AvgIpc) is 3.02. The van der Waals surface area contributed by atoms with E-state index in [0.29, 0.717) is 32.0 Å². The molecule has 148 valence electrons. The van der Waals surface area contributed by atoms with Gasteiger partial charge in [0, 0.05) is 57.0 Å². The number of pyridine rings is 1. The molecule has 1 fully saturated rings. The maximum Gasteiger partial charge on any atom is 0.262 e. The zero-order valence-electron chi connectivity index (χ0n) is 16.5. The van der Waals surface area contributed by atoms with E-state index in [1.807, 2.05) is 13.0 Å². The Kier molecular flexibility index (Phi) is 4.95. The molecule has 28 heavy (non-hydrogen) atoms. The van der Waals surface area contributed by atoms with Gasteiger partial charge in [0.25, 0.3) is 10.0 Å². The highest BCUT2D eigenvalue weighted by Gasteiger charge is 2.30. The molecule has 2 aromatic heterocycles. The summed E-state index contributed by atoms with van der Waals surface area (Å²) in [6.07, 6.45) is 1.59. The van der Waals surface area contributed by atoms with Crippen molar-refractivity contribution in [3.8, 4) is 0 Å². The highest BCUT2D eigenvalue weighted by atomic mass is 32.2. The monoisotopic (exact) mass is 399 g/mol. The lowest BCUT2D eigenvalue weighted by atomic mass is 10.1. The summed E-state index contributed by atoms with van der Waals surface area (Å²) in [6, 6.07) is 10.5. The van der Waals surface area contributed by atoms with Gasteiger partial charge in [-0.25, -0.2) is 13.4 Å². The number of benzene rings is 1. The van der Waals surface area contributed by atoms with E-state index in [1.165, 1.54) is 5.56 Å². The van der Waals surface area contributed by atoms with Crippen LogP contribution in [-0.4, -0.2) is 58.3 Å². The summed E-state index contributed by atoms with van der Waals surface area (Å²) < 4.78 is 28.9. The zero-order chi connectivity index (χ0) is 19.9. The maximum absolute atomic E-state index is 12.8. The van der Waals surface area contributed by atoms with Crippen molar-refractivity contribution in [1.82, 2.24) is 23.7 Å². The van der Waals surface area contributed by atoms with Crippen molar-refractivity contribution in [3.63, 3.8) is 0 Å². The van der Waals surface area contributed by atoms with Crippen LogP contribution in [0.15, 0.2) is 41.6 Å². The Balaban J connectivity index is 1.42. The summed E-state index contributed by atoms with van der Waals surface area (Å²) >= 11 is 0. The molecule has 0 atom stereocenters. The summed E-state index contributed by atoms with van der Waals surface area (Å²) in [6.45, 7) is 6.97. The molecule has 0 unspecified atom stereocenters. The van der Waals surface area contributed by atoms with Crippen molar-refractivity contribution in [1.29, 1.82) is 0 Å². The van der Waals surface area contributed by atoms with Gasteiger partial charge in [0.15, 0.2) is 5.03 Å². The van der Waals surface area contributed by atoms with E-state index in [0.717, 1.165) is 23.1 Å². The number of piperazine rings is 1. The SMILES string of the molecule is Cc1ccc2cc(CN3CCN(S(=O)(=O)c4cn(C)c(C)n4)CC3)ccc2n1. The number of aromatic nitrogens is 3. The number of nitrogens with zero attached hydrogens (tertiary/aromatic N) is 5. The summed E-state index contributed by atoms with van der Waals surface area (Å²) in [5, 5.41) is 1.27. The van der Waals surface area contributed by atoms with Crippen LogP contribution in [0.5, 0.6) is 0 Å². The number of rotatable bonds is 4. The molecule has 0 radical (unpaired) electrons. The number of imidazole rings is 1. The first-order valence-electron chi connectivity index (χ1n) is 9.42. The summed E-state index contributed by atoms with van der Waals surface area (Å²) in [4.78, 5) is 11.0. The molecule has 4 rings (SSSR count). The molecule has 0 amide bonds. The molecule has 8 heteroatoms. The fourth-order valence-electron chi connectivity index (χ4n) is 3.54. The predicted molar refractivity (Wildman–Crippen MR) is 108 cm³/mol. The summed E-state index contributed by atoms with van der Waals surface area (Å²) in [5.41, 5.74) is 3.24. The van der Waals surface area contributed by atoms with E-state index in [-0.39, 0.29) is 5.03 Å². The van der Waals surface area contributed by atoms with Crippen molar-refractivity contribution >= 4 is 20.9 Å². The van der Waals surface area contributed by atoms with Gasteiger partial charge in [0.1, 0.15) is 5.82 Å². The first kappa shape index (κ1) is 19.0.